The van der Waals surface area contributed by atoms with Gasteiger partial charge in [0.2, 0.25) is 11.8 Å². The first-order valence-corrected chi connectivity index (χ1v) is 13.4. The van der Waals surface area contributed by atoms with Gasteiger partial charge in [-0.2, -0.15) is 0 Å². The third-order valence-corrected chi connectivity index (χ3v) is 6.57. The molecule has 2 amide bonds. The van der Waals surface area contributed by atoms with Crippen LogP contribution in [0.4, 0.5) is 14.6 Å². The SMILES string of the molecule is CCc1cccc(CNCC(O)C(Cc2cc(F)cc(F)c2)NC(=O)CSCC(=O)Nc2cc(C)on2)c1. The third-order valence-electron chi connectivity index (χ3n) is 5.63. The van der Waals surface area contributed by atoms with Gasteiger partial charge in [0.25, 0.3) is 0 Å². The molecule has 38 heavy (non-hydrogen) atoms. The topological polar surface area (TPSA) is 116 Å². The van der Waals surface area contributed by atoms with Crippen molar-refractivity contribution in [1.29, 1.82) is 0 Å². The molecule has 0 fully saturated rings. The predicted octanol–water partition coefficient (Wildman–Crippen LogP) is 3.37. The first-order chi connectivity index (χ1) is 18.2. The Hall–Kier alpha value is -3.28. The summed E-state index contributed by atoms with van der Waals surface area (Å²) in [5.74, 6) is -1.45. The first-order valence-electron chi connectivity index (χ1n) is 12.2. The van der Waals surface area contributed by atoms with Crippen LogP contribution in [-0.4, -0.2) is 52.3 Å². The fourth-order valence-electron chi connectivity index (χ4n) is 3.82. The fraction of sp³-hybridized carbons (Fsp3) is 0.370. The Bertz CT molecular complexity index is 1200. The summed E-state index contributed by atoms with van der Waals surface area (Å²) >= 11 is 1.08. The molecule has 3 rings (SSSR count). The summed E-state index contributed by atoms with van der Waals surface area (Å²) < 4.78 is 32.4. The molecule has 0 aliphatic heterocycles. The number of nitrogens with zero attached hydrogens (tertiary/aromatic N) is 1. The molecule has 2 aromatic carbocycles. The second-order valence-electron chi connectivity index (χ2n) is 8.89. The molecule has 0 bridgehead atoms. The molecule has 0 radical (unpaired) electrons. The van der Waals surface area contributed by atoms with Crippen molar-refractivity contribution in [2.75, 3.05) is 23.4 Å². The van der Waals surface area contributed by atoms with Gasteiger partial charge in [0, 0.05) is 25.2 Å². The first kappa shape index (κ1) is 29.3. The highest BCUT2D eigenvalue weighted by molar-refractivity contribution is 8.00. The van der Waals surface area contributed by atoms with E-state index in [4.69, 9.17) is 4.52 Å². The summed E-state index contributed by atoms with van der Waals surface area (Å²) in [7, 11) is 0. The summed E-state index contributed by atoms with van der Waals surface area (Å²) in [5, 5.41) is 23.0. The van der Waals surface area contributed by atoms with Crippen molar-refractivity contribution in [1.82, 2.24) is 15.8 Å². The van der Waals surface area contributed by atoms with Gasteiger partial charge < -0.3 is 25.6 Å². The Morgan fingerprint density at radius 2 is 1.74 bits per heavy atom. The van der Waals surface area contributed by atoms with Crippen LogP contribution in [0.1, 0.15) is 29.4 Å². The highest BCUT2D eigenvalue weighted by atomic mass is 32.2. The lowest BCUT2D eigenvalue weighted by Gasteiger charge is -2.25. The van der Waals surface area contributed by atoms with Gasteiger partial charge in [-0.1, -0.05) is 36.3 Å². The molecule has 8 nitrogen and oxygen atoms in total. The van der Waals surface area contributed by atoms with Crippen LogP contribution >= 0.6 is 11.8 Å². The number of benzene rings is 2. The number of carbonyl (C=O) groups is 2. The van der Waals surface area contributed by atoms with Crippen LogP contribution in [-0.2, 0) is 29.0 Å². The lowest BCUT2D eigenvalue weighted by molar-refractivity contribution is -0.120. The van der Waals surface area contributed by atoms with E-state index in [9.17, 15) is 23.5 Å². The molecule has 0 saturated heterocycles. The molecule has 4 N–H and O–H groups in total. The van der Waals surface area contributed by atoms with E-state index in [0.29, 0.717) is 17.9 Å². The zero-order chi connectivity index (χ0) is 27.5. The largest absolute Gasteiger partial charge is 0.390 e. The average molecular weight is 547 g/mol. The molecule has 0 saturated carbocycles. The highest BCUT2D eigenvalue weighted by Crippen LogP contribution is 2.13. The number of anilines is 1. The quantitative estimate of drug-likeness (QED) is 0.245. The number of hydrogen-bond acceptors (Lipinski definition) is 7. The van der Waals surface area contributed by atoms with E-state index in [0.717, 1.165) is 29.8 Å². The monoisotopic (exact) mass is 546 g/mol. The summed E-state index contributed by atoms with van der Waals surface area (Å²) in [6.45, 7) is 4.42. The molecule has 2 unspecified atom stereocenters. The second kappa shape index (κ2) is 14.6. The Labute approximate surface area is 224 Å². The number of nitrogens with one attached hydrogen (secondary N) is 3. The van der Waals surface area contributed by atoms with Crippen LogP contribution in [0.5, 0.6) is 0 Å². The normalized spacial score (nSPS) is 12.7. The third kappa shape index (κ3) is 9.88. The van der Waals surface area contributed by atoms with Gasteiger partial charge in [0.1, 0.15) is 17.4 Å². The molecule has 0 spiro atoms. The second-order valence-corrected chi connectivity index (χ2v) is 9.88. The summed E-state index contributed by atoms with van der Waals surface area (Å²) in [5.41, 5.74) is 2.56. The van der Waals surface area contributed by atoms with Crippen LogP contribution in [0.2, 0.25) is 0 Å². The molecule has 2 atom stereocenters. The maximum atomic E-state index is 13.7. The van der Waals surface area contributed by atoms with E-state index < -0.39 is 29.7 Å². The molecular weight excluding hydrogens is 514 g/mol. The van der Waals surface area contributed by atoms with Crippen LogP contribution in [0.15, 0.2) is 53.1 Å². The standard InChI is InChI=1S/C27H32F2N4O4S/c1-3-18-5-4-6-19(8-18)13-30-14-24(34)23(11-20-9-21(28)12-22(29)10-20)31-26(35)15-38-16-27(36)32-25-7-17(2)37-33-25/h4-10,12,23-24,30,34H,3,11,13-16H2,1-2H3,(H,31,35)(H,32,33,36). The number of aliphatic hydroxyl groups excluding tert-OH is 1. The van der Waals surface area contributed by atoms with Crippen molar-refractivity contribution in [3.8, 4) is 0 Å². The Morgan fingerprint density at radius 3 is 2.42 bits per heavy atom. The highest BCUT2D eigenvalue weighted by Gasteiger charge is 2.22. The maximum absolute atomic E-state index is 13.7. The number of carbonyl (C=O) groups excluding carboxylic acids is 2. The Kier molecular flexibility index (Phi) is 11.3. The average Bonchev–Trinajstić information content (AvgIpc) is 3.27. The number of hydrogen-bond donors (Lipinski definition) is 4. The van der Waals surface area contributed by atoms with Crippen molar-refractivity contribution in [2.45, 2.75) is 45.4 Å². The van der Waals surface area contributed by atoms with E-state index in [-0.39, 0.29) is 36.2 Å². The molecule has 204 valence electrons. The van der Waals surface area contributed by atoms with Gasteiger partial charge >= 0.3 is 0 Å². The van der Waals surface area contributed by atoms with Gasteiger partial charge in [-0.05, 0) is 48.6 Å². The molecule has 0 aliphatic rings. The minimum Gasteiger partial charge on any atom is -0.390 e. The van der Waals surface area contributed by atoms with Crippen LogP contribution < -0.4 is 16.0 Å². The van der Waals surface area contributed by atoms with Crippen LogP contribution in [0.3, 0.4) is 0 Å². The number of rotatable bonds is 14. The predicted molar refractivity (Wildman–Crippen MR) is 143 cm³/mol. The van der Waals surface area contributed by atoms with E-state index in [1.54, 1.807) is 13.0 Å². The Morgan fingerprint density at radius 1 is 1.03 bits per heavy atom. The number of aliphatic hydroxyl groups is 1. The van der Waals surface area contributed by atoms with Crippen molar-refractivity contribution in [3.63, 3.8) is 0 Å². The summed E-state index contributed by atoms with van der Waals surface area (Å²) in [6, 6.07) is 11.9. The molecular formula is C27H32F2N4O4S. The van der Waals surface area contributed by atoms with E-state index in [1.807, 2.05) is 18.2 Å². The maximum Gasteiger partial charge on any atom is 0.235 e. The van der Waals surface area contributed by atoms with E-state index in [2.05, 4.69) is 34.1 Å². The molecule has 1 aromatic heterocycles. The molecule has 1 heterocycles. The van der Waals surface area contributed by atoms with Gasteiger partial charge in [-0.25, -0.2) is 8.78 Å². The summed E-state index contributed by atoms with van der Waals surface area (Å²) in [6.07, 6.45) is -0.108. The lowest BCUT2D eigenvalue weighted by Crippen LogP contribution is -2.49. The van der Waals surface area contributed by atoms with E-state index >= 15 is 0 Å². The number of halogens is 2. The number of amides is 2. The smallest absolute Gasteiger partial charge is 0.235 e. The zero-order valence-electron chi connectivity index (χ0n) is 21.3. The van der Waals surface area contributed by atoms with Gasteiger partial charge in [-0.3, -0.25) is 9.59 Å². The molecule has 11 heteroatoms. The zero-order valence-corrected chi connectivity index (χ0v) is 22.1. The van der Waals surface area contributed by atoms with Gasteiger partial charge in [0.05, 0.1) is 23.7 Å². The minimum atomic E-state index is -1.04. The van der Waals surface area contributed by atoms with Crippen molar-refractivity contribution < 1.29 is 28.0 Å². The fourth-order valence-corrected chi connectivity index (χ4v) is 4.45. The minimum absolute atomic E-state index is 0.0000347. The summed E-state index contributed by atoms with van der Waals surface area (Å²) in [4.78, 5) is 24.7. The molecule has 0 aliphatic carbocycles. The van der Waals surface area contributed by atoms with Crippen LogP contribution in [0.25, 0.3) is 0 Å². The number of aryl methyl sites for hydroxylation is 2. The number of aromatic nitrogens is 1. The van der Waals surface area contributed by atoms with Gasteiger partial charge in [-0.15, -0.1) is 11.8 Å². The lowest BCUT2D eigenvalue weighted by atomic mass is 10.0. The Balaban J connectivity index is 1.54. The van der Waals surface area contributed by atoms with Crippen LogP contribution in [0, 0.1) is 18.6 Å². The van der Waals surface area contributed by atoms with Crippen molar-refractivity contribution >= 4 is 29.4 Å². The number of thioether (sulfide) groups is 1. The van der Waals surface area contributed by atoms with Crippen molar-refractivity contribution in [3.05, 3.63) is 82.6 Å². The van der Waals surface area contributed by atoms with E-state index in [1.165, 1.54) is 17.7 Å². The molecule has 3 aromatic rings. The van der Waals surface area contributed by atoms with Gasteiger partial charge in [0.15, 0.2) is 5.82 Å². The van der Waals surface area contributed by atoms with Crippen molar-refractivity contribution in [2.24, 2.45) is 0 Å².